The number of thiazole rings is 1. The molecule has 0 bridgehead atoms. The molecule has 0 aliphatic carbocycles. The van der Waals surface area contributed by atoms with Gasteiger partial charge in [0.1, 0.15) is 10.8 Å². The number of anilines is 1. The van der Waals surface area contributed by atoms with Crippen molar-refractivity contribution >= 4 is 22.9 Å². The Bertz CT molecular complexity index is 1020. The number of carbonyl (C=O) groups is 1. The van der Waals surface area contributed by atoms with Crippen molar-refractivity contribution in [2.75, 3.05) is 18.6 Å². The van der Waals surface area contributed by atoms with Gasteiger partial charge in [0.2, 0.25) is 5.91 Å². The summed E-state index contributed by atoms with van der Waals surface area (Å²) in [6, 6.07) is 12.3. The van der Waals surface area contributed by atoms with Crippen LogP contribution in [0.1, 0.15) is 17.5 Å². The molecular formula is C21H18N2O2S. The van der Waals surface area contributed by atoms with E-state index in [0.29, 0.717) is 6.42 Å². The number of nitrogens with zero attached hydrogens (tertiary/aromatic N) is 2. The number of ether oxygens (including phenoxy) is 1. The van der Waals surface area contributed by atoms with E-state index in [1.54, 1.807) is 18.4 Å². The van der Waals surface area contributed by atoms with Crippen molar-refractivity contribution in [2.24, 2.45) is 0 Å². The van der Waals surface area contributed by atoms with Crippen LogP contribution in [0.25, 0.3) is 21.8 Å². The maximum absolute atomic E-state index is 12.3. The van der Waals surface area contributed by atoms with Crippen LogP contribution < -0.4 is 9.64 Å². The van der Waals surface area contributed by atoms with Crippen molar-refractivity contribution in [3.8, 4) is 27.6 Å². The fourth-order valence-electron chi connectivity index (χ4n) is 3.98. The number of hydrogen-bond acceptors (Lipinski definition) is 4. The zero-order chi connectivity index (χ0) is 17.7. The van der Waals surface area contributed by atoms with Gasteiger partial charge in [-0.15, -0.1) is 11.3 Å². The van der Waals surface area contributed by atoms with E-state index in [4.69, 9.17) is 9.72 Å². The predicted molar refractivity (Wildman–Crippen MR) is 104 cm³/mol. The molecule has 2 aromatic carbocycles. The van der Waals surface area contributed by atoms with Gasteiger partial charge in [0, 0.05) is 17.5 Å². The van der Waals surface area contributed by atoms with Crippen LogP contribution in [0.3, 0.4) is 0 Å². The zero-order valence-electron chi connectivity index (χ0n) is 14.5. The summed E-state index contributed by atoms with van der Waals surface area (Å²) in [4.78, 5) is 19.1. The molecule has 5 heteroatoms. The number of aryl methyl sites for hydroxylation is 1. The second kappa shape index (κ2) is 5.95. The molecule has 0 radical (unpaired) electrons. The number of benzene rings is 2. The standard InChI is InChI=1S/C21H18N2O2S/c1-25-18-7-3-2-6-16(18)21-22-17(12-26-21)14-9-13-5-4-8-23-19(24)11-15(10-14)20(13)23/h2-3,6-7,9-10,12H,4-5,8,11H2,1H3. The summed E-state index contributed by atoms with van der Waals surface area (Å²) in [7, 11) is 1.68. The fraction of sp³-hybridized carbons (Fsp3) is 0.238. The molecule has 130 valence electrons. The Hall–Kier alpha value is -2.66. The highest BCUT2D eigenvalue weighted by Gasteiger charge is 2.32. The molecule has 0 spiro atoms. The normalized spacial score (nSPS) is 15.3. The number of aromatic nitrogens is 1. The Labute approximate surface area is 156 Å². The maximum atomic E-state index is 12.3. The molecule has 0 N–H and O–H groups in total. The molecule has 3 heterocycles. The smallest absolute Gasteiger partial charge is 0.231 e. The average molecular weight is 362 g/mol. The quantitative estimate of drug-likeness (QED) is 0.697. The molecule has 1 aromatic heterocycles. The molecule has 0 unspecified atom stereocenters. The molecule has 2 aliphatic rings. The van der Waals surface area contributed by atoms with Gasteiger partial charge in [0.05, 0.1) is 30.5 Å². The molecule has 2 aliphatic heterocycles. The SMILES string of the molecule is COc1ccccc1-c1nc(-c2cc3c4c(c2)CC(=O)N4CCC3)cs1. The van der Waals surface area contributed by atoms with Crippen LogP contribution in [0, 0.1) is 0 Å². The molecule has 5 rings (SSSR count). The lowest BCUT2D eigenvalue weighted by Crippen LogP contribution is -2.31. The largest absolute Gasteiger partial charge is 0.496 e. The summed E-state index contributed by atoms with van der Waals surface area (Å²) in [5.74, 6) is 1.06. The van der Waals surface area contributed by atoms with Crippen LogP contribution in [-0.2, 0) is 17.6 Å². The van der Waals surface area contributed by atoms with Gasteiger partial charge in [0.15, 0.2) is 0 Å². The minimum absolute atomic E-state index is 0.228. The Balaban J connectivity index is 1.57. The van der Waals surface area contributed by atoms with Gasteiger partial charge in [-0.2, -0.15) is 0 Å². The third-order valence-corrected chi connectivity index (χ3v) is 6.02. The van der Waals surface area contributed by atoms with Crippen LogP contribution in [0.15, 0.2) is 41.8 Å². The lowest BCUT2D eigenvalue weighted by Gasteiger charge is -2.25. The van der Waals surface area contributed by atoms with E-state index in [1.165, 1.54) is 5.56 Å². The van der Waals surface area contributed by atoms with Gasteiger partial charge in [-0.1, -0.05) is 12.1 Å². The summed E-state index contributed by atoms with van der Waals surface area (Å²) in [6.45, 7) is 0.854. The van der Waals surface area contributed by atoms with Crippen molar-refractivity contribution in [1.82, 2.24) is 4.98 Å². The Kier molecular flexibility index (Phi) is 3.57. The van der Waals surface area contributed by atoms with Gasteiger partial charge < -0.3 is 9.64 Å². The number of hydrogen-bond donors (Lipinski definition) is 0. The molecule has 0 atom stereocenters. The number of amides is 1. The first kappa shape index (κ1) is 15.6. The summed E-state index contributed by atoms with van der Waals surface area (Å²) >= 11 is 1.62. The van der Waals surface area contributed by atoms with Gasteiger partial charge in [0.25, 0.3) is 0 Å². The minimum atomic E-state index is 0.228. The molecule has 26 heavy (non-hydrogen) atoms. The van der Waals surface area contributed by atoms with E-state index in [9.17, 15) is 4.79 Å². The predicted octanol–water partition coefficient (Wildman–Crippen LogP) is 4.32. The van der Waals surface area contributed by atoms with Crippen molar-refractivity contribution in [2.45, 2.75) is 19.3 Å². The highest BCUT2D eigenvalue weighted by molar-refractivity contribution is 7.13. The molecular weight excluding hydrogens is 344 g/mol. The molecule has 1 amide bonds. The average Bonchev–Trinajstić information content (AvgIpc) is 3.28. The lowest BCUT2D eigenvalue weighted by molar-refractivity contribution is -0.117. The Morgan fingerprint density at radius 3 is 2.92 bits per heavy atom. The van der Waals surface area contributed by atoms with Crippen LogP contribution in [0.5, 0.6) is 5.75 Å². The van der Waals surface area contributed by atoms with Crippen LogP contribution in [0.2, 0.25) is 0 Å². The van der Waals surface area contributed by atoms with E-state index < -0.39 is 0 Å². The second-order valence-corrected chi connectivity index (χ2v) is 7.57. The first-order valence-corrected chi connectivity index (χ1v) is 9.68. The first-order chi connectivity index (χ1) is 12.7. The van der Waals surface area contributed by atoms with Gasteiger partial charge >= 0.3 is 0 Å². The third kappa shape index (κ3) is 2.35. The van der Waals surface area contributed by atoms with Crippen molar-refractivity contribution in [3.63, 3.8) is 0 Å². The van der Waals surface area contributed by atoms with Gasteiger partial charge in [-0.05, 0) is 48.2 Å². The van der Waals surface area contributed by atoms with Crippen molar-refractivity contribution < 1.29 is 9.53 Å². The molecule has 0 saturated heterocycles. The number of para-hydroxylation sites is 1. The Morgan fingerprint density at radius 2 is 2.04 bits per heavy atom. The van der Waals surface area contributed by atoms with Crippen molar-refractivity contribution in [3.05, 3.63) is 52.9 Å². The van der Waals surface area contributed by atoms with Crippen LogP contribution >= 0.6 is 11.3 Å². The van der Waals surface area contributed by atoms with Crippen molar-refractivity contribution in [1.29, 1.82) is 0 Å². The van der Waals surface area contributed by atoms with Crippen LogP contribution in [0.4, 0.5) is 5.69 Å². The van der Waals surface area contributed by atoms with Gasteiger partial charge in [-0.25, -0.2) is 4.98 Å². The molecule has 0 saturated carbocycles. The molecule has 3 aromatic rings. The summed E-state index contributed by atoms with van der Waals surface area (Å²) < 4.78 is 5.47. The second-order valence-electron chi connectivity index (χ2n) is 6.71. The number of rotatable bonds is 3. The summed E-state index contributed by atoms with van der Waals surface area (Å²) in [5.41, 5.74) is 6.66. The third-order valence-electron chi connectivity index (χ3n) is 5.15. The highest BCUT2D eigenvalue weighted by Crippen LogP contribution is 2.41. The number of carbonyl (C=O) groups excluding carboxylic acids is 1. The zero-order valence-corrected chi connectivity index (χ0v) is 15.3. The maximum Gasteiger partial charge on any atom is 0.231 e. The lowest BCUT2D eigenvalue weighted by atomic mass is 9.96. The summed E-state index contributed by atoms with van der Waals surface area (Å²) in [6.07, 6.45) is 2.58. The van der Waals surface area contributed by atoms with E-state index in [-0.39, 0.29) is 5.91 Å². The summed E-state index contributed by atoms with van der Waals surface area (Å²) in [5, 5.41) is 3.04. The fourth-order valence-corrected chi connectivity index (χ4v) is 4.84. The topological polar surface area (TPSA) is 42.4 Å². The van der Waals surface area contributed by atoms with E-state index >= 15 is 0 Å². The minimum Gasteiger partial charge on any atom is -0.496 e. The van der Waals surface area contributed by atoms with E-state index in [1.807, 2.05) is 29.2 Å². The van der Waals surface area contributed by atoms with Crippen LogP contribution in [-0.4, -0.2) is 24.5 Å². The van der Waals surface area contributed by atoms with Gasteiger partial charge in [-0.3, -0.25) is 4.79 Å². The Morgan fingerprint density at radius 1 is 1.19 bits per heavy atom. The monoisotopic (exact) mass is 362 g/mol. The molecule has 0 fully saturated rings. The highest BCUT2D eigenvalue weighted by atomic mass is 32.1. The van der Waals surface area contributed by atoms with E-state index in [2.05, 4.69) is 17.5 Å². The van der Waals surface area contributed by atoms with E-state index in [0.717, 1.165) is 58.2 Å². The first-order valence-electron chi connectivity index (χ1n) is 8.80. The molecule has 4 nitrogen and oxygen atoms in total. The number of methoxy groups -OCH3 is 1.